The van der Waals surface area contributed by atoms with Crippen molar-refractivity contribution in [1.82, 2.24) is 4.90 Å². The van der Waals surface area contributed by atoms with E-state index in [1.807, 2.05) is 0 Å². The Morgan fingerprint density at radius 1 is 1.25 bits per heavy atom. The molecular weight excluding hydrogens is 198 g/mol. The molecule has 1 saturated heterocycles. The van der Waals surface area contributed by atoms with Gasteiger partial charge in [-0.2, -0.15) is 0 Å². The molecule has 1 heterocycles. The van der Waals surface area contributed by atoms with Crippen molar-refractivity contribution in [2.24, 2.45) is 11.3 Å². The maximum atomic E-state index is 11.5. The Hall–Kier alpha value is -0.370. The average Bonchev–Trinajstić information content (AvgIpc) is 2.30. The molecule has 0 bridgehead atoms. The number of rotatable bonds is 3. The van der Waals surface area contributed by atoms with Crippen LogP contribution < -0.4 is 0 Å². The van der Waals surface area contributed by atoms with E-state index in [4.69, 9.17) is 0 Å². The second-order valence-electron chi connectivity index (χ2n) is 6.02. The Balaban J connectivity index is 1.94. The number of hydrogen-bond acceptors (Lipinski definition) is 2. The van der Waals surface area contributed by atoms with Crippen molar-refractivity contribution in [2.45, 2.75) is 51.9 Å². The Kier molecular flexibility index (Phi) is 4.01. The van der Waals surface area contributed by atoms with E-state index in [-0.39, 0.29) is 5.41 Å². The maximum absolute atomic E-state index is 11.5. The summed E-state index contributed by atoms with van der Waals surface area (Å²) in [6, 6.07) is 0. The van der Waals surface area contributed by atoms with Crippen LogP contribution in [0.25, 0.3) is 0 Å². The first-order valence-electron chi connectivity index (χ1n) is 6.93. The summed E-state index contributed by atoms with van der Waals surface area (Å²) in [7, 11) is 0. The van der Waals surface area contributed by atoms with Crippen molar-refractivity contribution in [3.63, 3.8) is 0 Å². The van der Waals surface area contributed by atoms with E-state index >= 15 is 0 Å². The van der Waals surface area contributed by atoms with E-state index in [9.17, 15) is 4.79 Å². The van der Waals surface area contributed by atoms with E-state index in [1.165, 1.54) is 51.5 Å². The zero-order valence-corrected chi connectivity index (χ0v) is 10.6. The van der Waals surface area contributed by atoms with Gasteiger partial charge in [-0.3, -0.25) is 0 Å². The second kappa shape index (κ2) is 5.31. The van der Waals surface area contributed by atoms with Gasteiger partial charge in [0.2, 0.25) is 0 Å². The fraction of sp³-hybridized carbons (Fsp3) is 0.929. The lowest BCUT2D eigenvalue weighted by atomic mass is 9.70. The van der Waals surface area contributed by atoms with Crippen molar-refractivity contribution in [1.29, 1.82) is 0 Å². The van der Waals surface area contributed by atoms with E-state index in [2.05, 4.69) is 11.8 Å². The molecule has 1 saturated carbocycles. The normalized spacial score (nSPS) is 37.2. The summed E-state index contributed by atoms with van der Waals surface area (Å²) >= 11 is 0. The third kappa shape index (κ3) is 2.85. The molecule has 2 unspecified atom stereocenters. The second-order valence-corrected chi connectivity index (χ2v) is 6.02. The molecule has 0 N–H and O–H groups in total. The molecule has 1 aliphatic heterocycles. The standard InChI is InChI=1S/C14H25NO/c1-13-6-5-7-14(10-13,12-16)11-15-8-3-2-4-9-15/h12-13H,2-11H2,1H3. The number of nitrogens with zero attached hydrogens (tertiary/aromatic N) is 1. The third-order valence-electron chi connectivity index (χ3n) is 4.36. The molecule has 2 heteroatoms. The Bertz CT molecular complexity index is 235. The van der Waals surface area contributed by atoms with E-state index in [0.717, 1.165) is 25.3 Å². The van der Waals surface area contributed by atoms with Gasteiger partial charge in [-0.15, -0.1) is 0 Å². The molecule has 0 aromatic heterocycles. The summed E-state index contributed by atoms with van der Waals surface area (Å²) in [6.45, 7) is 5.75. The van der Waals surface area contributed by atoms with Gasteiger partial charge < -0.3 is 9.69 Å². The molecule has 0 radical (unpaired) electrons. The predicted octanol–water partition coefficient (Wildman–Crippen LogP) is 2.87. The third-order valence-corrected chi connectivity index (χ3v) is 4.36. The summed E-state index contributed by atoms with van der Waals surface area (Å²) in [5.74, 6) is 0.740. The van der Waals surface area contributed by atoms with Crippen LogP contribution in [-0.2, 0) is 4.79 Å². The monoisotopic (exact) mass is 223 g/mol. The number of carbonyl (C=O) groups is 1. The molecule has 0 aromatic carbocycles. The highest BCUT2D eigenvalue weighted by Gasteiger charge is 2.36. The molecule has 92 valence electrons. The first kappa shape index (κ1) is 12.1. The van der Waals surface area contributed by atoms with Crippen molar-refractivity contribution in [3.05, 3.63) is 0 Å². The first-order chi connectivity index (χ1) is 7.74. The summed E-state index contributed by atoms with van der Waals surface area (Å²) in [5, 5.41) is 0. The van der Waals surface area contributed by atoms with Gasteiger partial charge in [0.25, 0.3) is 0 Å². The minimum absolute atomic E-state index is 0.00495. The molecule has 16 heavy (non-hydrogen) atoms. The lowest BCUT2D eigenvalue weighted by Crippen LogP contribution is -2.43. The Labute approximate surface area is 99.4 Å². The number of likely N-dealkylation sites (tertiary alicyclic amines) is 1. The van der Waals surface area contributed by atoms with Crippen LogP contribution in [0.5, 0.6) is 0 Å². The summed E-state index contributed by atoms with van der Waals surface area (Å²) < 4.78 is 0. The molecule has 0 aromatic rings. The number of aldehydes is 1. The van der Waals surface area contributed by atoms with E-state index < -0.39 is 0 Å². The van der Waals surface area contributed by atoms with Gasteiger partial charge in [0.1, 0.15) is 6.29 Å². The fourth-order valence-electron chi connectivity index (χ4n) is 3.55. The minimum atomic E-state index is -0.00495. The van der Waals surface area contributed by atoms with Crippen LogP contribution >= 0.6 is 0 Å². The Morgan fingerprint density at radius 3 is 2.62 bits per heavy atom. The van der Waals surface area contributed by atoms with Crippen LogP contribution in [-0.4, -0.2) is 30.8 Å². The first-order valence-corrected chi connectivity index (χ1v) is 6.93. The number of piperidine rings is 1. The average molecular weight is 223 g/mol. The zero-order chi connectivity index (χ0) is 11.4. The van der Waals surface area contributed by atoms with Crippen LogP contribution in [0.15, 0.2) is 0 Å². The van der Waals surface area contributed by atoms with Crippen LogP contribution in [0.3, 0.4) is 0 Å². The molecule has 2 nitrogen and oxygen atoms in total. The molecule has 2 fully saturated rings. The minimum Gasteiger partial charge on any atom is -0.303 e. The highest BCUT2D eigenvalue weighted by molar-refractivity contribution is 5.60. The number of hydrogen-bond donors (Lipinski definition) is 0. The van der Waals surface area contributed by atoms with E-state index in [0.29, 0.717) is 0 Å². The van der Waals surface area contributed by atoms with Gasteiger partial charge in [0, 0.05) is 12.0 Å². The quantitative estimate of drug-likeness (QED) is 0.686. The fourth-order valence-corrected chi connectivity index (χ4v) is 3.55. The molecule has 2 atom stereocenters. The summed E-state index contributed by atoms with van der Waals surface area (Å²) in [4.78, 5) is 14.0. The van der Waals surface area contributed by atoms with Crippen molar-refractivity contribution >= 4 is 6.29 Å². The topological polar surface area (TPSA) is 20.3 Å². The molecule has 2 rings (SSSR count). The van der Waals surface area contributed by atoms with Gasteiger partial charge >= 0.3 is 0 Å². The predicted molar refractivity (Wildman–Crippen MR) is 66.4 cm³/mol. The zero-order valence-electron chi connectivity index (χ0n) is 10.6. The van der Waals surface area contributed by atoms with Crippen LogP contribution in [0.4, 0.5) is 0 Å². The smallest absolute Gasteiger partial charge is 0.127 e. The van der Waals surface area contributed by atoms with Crippen molar-refractivity contribution in [2.75, 3.05) is 19.6 Å². The summed E-state index contributed by atoms with van der Waals surface area (Å²) in [6.07, 6.45) is 10.1. The molecule has 0 spiro atoms. The lowest BCUT2D eigenvalue weighted by molar-refractivity contribution is -0.120. The maximum Gasteiger partial charge on any atom is 0.127 e. The molecular formula is C14H25NO. The van der Waals surface area contributed by atoms with Gasteiger partial charge in [-0.1, -0.05) is 26.2 Å². The lowest BCUT2D eigenvalue weighted by Gasteiger charge is -2.40. The van der Waals surface area contributed by atoms with Crippen LogP contribution in [0.1, 0.15) is 51.9 Å². The van der Waals surface area contributed by atoms with Gasteiger partial charge in [-0.05, 0) is 44.7 Å². The number of carbonyl (C=O) groups excluding carboxylic acids is 1. The van der Waals surface area contributed by atoms with E-state index in [1.54, 1.807) is 0 Å². The van der Waals surface area contributed by atoms with Crippen LogP contribution in [0, 0.1) is 11.3 Å². The van der Waals surface area contributed by atoms with Gasteiger partial charge in [-0.25, -0.2) is 0 Å². The molecule has 0 amide bonds. The van der Waals surface area contributed by atoms with Crippen molar-refractivity contribution in [3.8, 4) is 0 Å². The highest BCUT2D eigenvalue weighted by atomic mass is 16.1. The van der Waals surface area contributed by atoms with Crippen LogP contribution in [0.2, 0.25) is 0 Å². The van der Waals surface area contributed by atoms with Gasteiger partial charge in [0.15, 0.2) is 0 Å². The molecule has 2 aliphatic rings. The van der Waals surface area contributed by atoms with Gasteiger partial charge in [0.05, 0.1) is 0 Å². The largest absolute Gasteiger partial charge is 0.303 e. The summed E-state index contributed by atoms with van der Waals surface area (Å²) in [5.41, 5.74) is -0.00495. The molecule has 1 aliphatic carbocycles. The van der Waals surface area contributed by atoms with Crippen molar-refractivity contribution < 1.29 is 4.79 Å². The SMILES string of the molecule is CC1CCCC(C=O)(CN2CCCCC2)C1. The highest BCUT2D eigenvalue weighted by Crippen LogP contribution is 2.38. The Morgan fingerprint density at radius 2 is 2.00 bits per heavy atom.